The summed E-state index contributed by atoms with van der Waals surface area (Å²) < 4.78 is 4.76. The van der Waals surface area contributed by atoms with Crippen molar-refractivity contribution < 1.29 is 0 Å². The molecule has 2 heterocycles. The summed E-state index contributed by atoms with van der Waals surface area (Å²) in [5.41, 5.74) is 7.31. The maximum atomic E-state index is 2.38. The maximum Gasteiger partial charge on any atom is 0.0541 e. The Hall–Kier alpha value is -4.82. The summed E-state index contributed by atoms with van der Waals surface area (Å²) >= 11 is 0. The van der Waals surface area contributed by atoms with Crippen LogP contribution in [0, 0.1) is 0 Å². The summed E-state index contributed by atoms with van der Waals surface area (Å²) in [6.07, 6.45) is 0. The molecule has 0 aliphatic carbocycles. The number of para-hydroxylation sites is 4. The number of hydrogen-bond donors (Lipinski definition) is 0. The lowest BCUT2D eigenvalue weighted by molar-refractivity contribution is 1.18. The van der Waals surface area contributed by atoms with E-state index < -0.39 is 0 Å². The van der Waals surface area contributed by atoms with Gasteiger partial charge in [0.15, 0.2) is 0 Å². The van der Waals surface area contributed by atoms with Gasteiger partial charge < -0.3 is 9.13 Å². The Balaban J connectivity index is 1.34. The SMILES string of the molecule is c1ccc2c(c1)c1ccccc1n2-c1ccc2cc(-n3c4ccccc4c4ccccc43)ccc2c1. The zero-order valence-corrected chi connectivity index (χ0v) is 19.6. The minimum absolute atomic E-state index is 1.18. The molecule has 0 N–H and O–H groups in total. The van der Waals surface area contributed by atoms with Crippen molar-refractivity contribution >= 4 is 54.4 Å². The van der Waals surface area contributed by atoms with Crippen molar-refractivity contribution in [1.82, 2.24) is 9.13 Å². The smallest absolute Gasteiger partial charge is 0.0541 e. The summed E-state index contributed by atoms with van der Waals surface area (Å²) in [4.78, 5) is 0. The van der Waals surface area contributed by atoms with Gasteiger partial charge in [0.1, 0.15) is 0 Å². The number of hydrogen-bond acceptors (Lipinski definition) is 0. The van der Waals surface area contributed by atoms with Crippen molar-refractivity contribution in [3.8, 4) is 11.4 Å². The van der Waals surface area contributed by atoms with E-state index >= 15 is 0 Å². The Labute approximate surface area is 208 Å². The third kappa shape index (κ3) is 2.67. The van der Waals surface area contributed by atoms with Crippen LogP contribution in [-0.4, -0.2) is 9.13 Å². The highest BCUT2D eigenvalue weighted by Gasteiger charge is 2.14. The number of nitrogens with zero attached hydrogens (tertiary/aromatic N) is 2. The highest BCUT2D eigenvalue weighted by Crippen LogP contribution is 2.35. The second-order valence-electron chi connectivity index (χ2n) is 9.46. The van der Waals surface area contributed by atoms with E-state index in [1.54, 1.807) is 0 Å². The number of aromatic nitrogens is 2. The van der Waals surface area contributed by atoms with E-state index in [-0.39, 0.29) is 0 Å². The summed E-state index contributed by atoms with van der Waals surface area (Å²) in [6.45, 7) is 0. The highest BCUT2D eigenvalue weighted by molar-refractivity contribution is 6.10. The van der Waals surface area contributed by atoms with Gasteiger partial charge in [-0.25, -0.2) is 0 Å². The number of benzene rings is 6. The lowest BCUT2D eigenvalue weighted by atomic mass is 10.1. The van der Waals surface area contributed by atoms with Crippen molar-refractivity contribution in [1.29, 1.82) is 0 Å². The van der Waals surface area contributed by atoms with E-state index in [1.165, 1.54) is 65.8 Å². The Morgan fingerprint density at radius 1 is 0.306 bits per heavy atom. The van der Waals surface area contributed by atoms with Crippen LogP contribution in [0.2, 0.25) is 0 Å². The molecule has 0 amide bonds. The van der Waals surface area contributed by atoms with E-state index in [0.717, 1.165) is 0 Å². The molecule has 0 aliphatic rings. The molecule has 0 aliphatic heterocycles. The molecule has 0 bridgehead atoms. The van der Waals surface area contributed by atoms with Crippen LogP contribution in [0.25, 0.3) is 65.8 Å². The fourth-order valence-corrected chi connectivity index (χ4v) is 5.90. The van der Waals surface area contributed by atoms with E-state index in [2.05, 4.69) is 143 Å². The van der Waals surface area contributed by atoms with Crippen LogP contribution in [0.4, 0.5) is 0 Å². The van der Waals surface area contributed by atoms with Gasteiger partial charge >= 0.3 is 0 Å². The molecule has 0 saturated carbocycles. The molecule has 6 aromatic carbocycles. The molecule has 168 valence electrons. The molecule has 0 unspecified atom stereocenters. The zero-order valence-electron chi connectivity index (χ0n) is 19.6. The third-order valence-electron chi connectivity index (χ3n) is 7.48. The Morgan fingerprint density at radius 2 is 0.611 bits per heavy atom. The number of fused-ring (bicyclic) bond motifs is 7. The van der Waals surface area contributed by atoms with Gasteiger partial charge in [0.05, 0.1) is 22.1 Å². The molecule has 0 atom stereocenters. The minimum Gasteiger partial charge on any atom is -0.309 e. The van der Waals surface area contributed by atoms with Gasteiger partial charge in [-0.1, -0.05) is 84.9 Å². The normalized spacial score (nSPS) is 11.9. The first-order valence-corrected chi connectivity index (χ1v) is 12.4. The van der Waals surface area contributed by atoms with Gasteiger partial charge in [-0.05, 0) is 59.3 Å². The van der Waals surface area contributed by atoms with Crippen LogP contribution in [0.15, 0.2) is 133 Å². The Bertz CT molecular complexity index is 1850. The second kappa shape index (κ2) is 7.34. The molecule has 8 rings (SSSR count). The number of rotatable bonds is 2. The molecular weight excluding hydrogens is 436 g/mol. The van der Waals surface area contributed by atoms with E-state index in [9.17, 15) is 0 Å². The lowest BCUT2D eigenvalue weighted by Gasteiger charge is -2.12. The first-order valence-electron chi connectivity index (χ1n) is 12.4. The fourth-order valence-electron chi connectivity index (χ4n) is 5.90. The van der Waals surface area contributed by atoms with Gasteiger partial charge in [0.25, 0.3) is 0 Å². The first kappa shape index (κ1) is 19.5. The topological polar surface area (TPSA) is 9.86 Å². The minimum atomic E-state index is 1.18. The van der Waals surface area contributed by atoms with Gasteiger partial charge in [-0.2, -0.15) is 0 Å². The Kier molecular flexibility index (Phi) is 3.97. The predicted molar refractivity (Wildman–Crippen MR) is 153 cm³/mol. The predicted octanol–water partition coefficient (Wildman–Crippen LogP) is 9.03. The van der Waals surface area contributed by atoms with Gasteiger partial charge in [0, 0.05) is 32.9 Å². The van der Waals surface area contributed by atoms with Crippen LogP contribution in [0.3, 0.4) is 0 Å². The fraction of sp³-hybridized carbons (Fsp3) is 0. The summed E-state index contributed by atoms with van der Waals surface area (Å²) in [5.74, 6) is 0. The average Bonchev–Trinajstić information content (AvgIpc) is 3.46. The van der Waals surface area contributed by atoms with Gasteiger partial charge in [-0.3, -0.25) is 0 Å². The quantitative estimate of drug-likeness (QED) is 0.244. The van der Waals surface area contributed by atoms with Crippen LogP contribution < -0.4 is 0 Å². The molecule has 0 spiro atoms. The van der Waals surface area contributed by atoms with Crippen molar-refractivity contribution in [2.45, 2.75) is 0 Å². The lowest BCUT2D eigenvalue weighted by Crippen LogP contribution is -1.95. The van der Waals surface area contributed by atoms with Crippen LogP contribution in [0.5, 0.6) is 0 Å². The molecule has 36 heavy (non-hydrogen) atoms. The third-order valence-corrected chi connectivity index (χ3v) is 7.48. The van der Waals surface area contributed by atoms with Crippen molar-refractivity contribution in [2.24, 2.45) is 0 Å². The van der Waals surface area contributed by atoms with E-state index in [0.29, 0.717) is 0 Å². The van der Waals surface area contributed by atoms with Crippen molar-refractivity contribution in [2.75, 3.05) is 0 Å². The molecule has 8 aromatic rings. The van der Waals surface area contributed by atoms with Crippen LogP contribution in [-0.2, 0) is 0 Å². The molecule has 0 saturated heterocycles. The molecule has 2 nitrogen and oxygen atoms in total. The van der Waals surface area contributed by atoms with Crippen molar-refractivity contribution in [3.63, 3.8) is 0 Å². The highest BCUT2D eigenvalue weighted by atomic mass is 15.0. The summed E-state index contributed by atoms with van der Waals surface area (Å²) in [5, 5.41) is 7.62. The summed E-state index contributed by atoms with van der Waals surface area (Å²) in [7, 11) is 0. The van der Waals surface area contributed by atoms with Gasteiger partial charge in [0.2, 0.25) is 0 Å². The largest absolute Gasteiger partial charge is 0.309 e. The van der Waals surface area contributed by atoms with Crippen LogP contribution in [0.1, 0.15) is 0 Å². The first-order chi connectivity index (χ1) is 17.9. The maximum absolute atomic E-state index is 2.38. The molecule has 0 radical (unpaired) electrons. The Morgan fingerprint density at radius 3 is 0.944 bits per heavy atom. The monoisotopic (exact) mass is 458 g/mol. The average molecular weight is 459 g/mol. The molecule has 2 aromatic heterocycles. The van der Waals surface area contributed by atoms with E-state index in [4.69, 9.17) is 0 Å². The van der Waals surface area contributed by atoms with Crippen molar-refractivity contribution in [3.05, 3.63) is 133 Å². The second-order valence-corrected chi connectivity index (χ2v) is 9.46. The van der Waals surface area contributed by atoms with E-state index in [1.807, 2.05) is 0 Å². The van der Waals surface area contributed by atoms with Gasteiger partial charge in [-0.15, -0.1) is 0 Å². The zero-order chi connectivity index (χ0) is 23.6. The molecule has 0 fully saturated rings. The molecule has 2 heteroatoms. The standard InChI is InChI=1S/C34H22N2/c1-5-13-31-27(9-1)28-10-2-6-14-32(28)35(31)25-19-17-24-22-26(20-18-23(24)21-25)36-33-15-7-3-11-29(33)30-12-4-8-16-34(30)36/h1-22H. The summed E-state index contributed by atoms with van der Waals surface area (Å²) in [6, 6.07) is 48.3. The molecular formula is C34H22N2. The van der Waals surface area contributed by atoms with Crippen LogP contribution >= 0.6 is 0 Å².